The van der Waals surface area contributed by atoms with Crippen LogP contribution < -0.4 is 5.32 Å². The minimum Gasteiger partial charge on any atom is -0.308 e. The first-order valence-electron chi connectivity index (χ1n) is 7.77. The number of fused-ring (bicyclic) bond motifs is 1. The molecule has 0 spiro atoms. The smallest absolute Gasteiger partial charge is 0.194 e. The predicted molar refractivity (Wildman–Crippen MR) is 85.3 cm³/mol. The van der Waals surface area contributed by atoms with Gasteiger partial charge in [-0.2, -0.15) is 0 Å². The Morgan fingerprint density at radius 1 is 1.40 bits per heavy atom. The van der Waals surface area contributed by atoms with Crippen LogP contribution in [0.1, 0.15) is 49.4 Å². The summed E-state index contributed by atoms with van der Waals surface area (Å²) < 4.78 is 2.26. The van der Waals surface area contributed by atoms with Gasteiger partial charge in [-0.05, 0) is 38.5 Å². The van der Waals surface area contributed by atoms with Crippen LogP contribution in [0.3, 0.4) is 0 Å². The van der Waals surface area contributed by atoms with Gasteiger partial charge in [0.05, 0.1) is 11.4 Å². The maximum absolute atomic E-state index is 4.67. The Labute approximate surface area is 125 Å². The van der Waals surface area contributed by atoms with Gasteiger partial charge in [-0.15, -0.1) is 11.3 Å². The summed E-state index contributed by atoms with van der Waals surface area (Å²) in [6.07, 6.45) is 6.24. The summed E-state index contributed by atoms with van der Waals surface area (Å²) in [5, 5.41) is 3.78. The molecule has 3 unspecified atom stereocenters. The van der Waals surface area contributed by atoms with Gasteiger partial charge < -0.3 is 5.32 Å². The van der Waals surface area contributed by atoms with Crippen LogP contribution in [0, 0.1) is 25.7 Å². The van der Waals surface area contributed by atoms with Crippen molar-refractivity contribution in [2.24, 2.45) is 11.8 Å². The van der Waals surface area contributed by atoms with Gasteiger partial charge in [0.15, 0.2) is 4.96 Å². The van der Waals surface area contributed by atoms with Crippen molar-refractivity contribution in [3.8, 4) is 0 Å². The molecule has 1 aliphatic carbocycles. The van der Waals surface area contributed by atoms with Crippen LogP contribution in [0.25, 0.3) is 4.96 Å². The lowest BCUT2D eigenvalue weighted by atomic mass is 9.93. The SMILES string of the molecule is CCC1CCC(NCc2c(C)nc3sc(C)cn23)C1C. The van der Waals surface area contributed by atoms with Crippen LogP contribution >= 0.6 is 11.3 Å². The second kappa shape index (κ2) is 5.49. The van der Waals surface area contributed by atoms with Gasteiger partial charge in [0, 0.05) is 23.7 Å². The van der Waals surface area contributed by atoms with E-state index in [1.54, 1.807) is 11.3 Å². The van der Waals surface area contributed by atoms with E-state index in [1.165, 1.54) is 35.5 Å². The third-order valence-corrected chi connectivity index (χ3v) is 5.92. The number of hydrogen-bond donors (Lipinski definition) is 1. The summed E-state index contributed by atoms with van der Waals surface area (Å²) in [5.74, 6) is 1.70. The summed E-state index contributed by atoms with van der Waals surface area (Å²) in [6.45, 7) is 9.94. The zero-order valence-electron chi connectivity index (χ0n) is 12.9. The summed E-state index contributed by atoms with van der Waals surface area (Å²) in [5.41, 5.74) is 2.50. The van der Waals surface area contributed by atoms with E-state index in [0.717, 1.165) is 23.3 Å². The van der Waals surface area contributed by atoms with Gasteiger partial charge in [0.25, 0.3) is 0 Å². The zero-order valence-corrected chi connectivity index (χ0v) is 13.8. The van der Waals surface area contributed by atoms with E-state index < -0.39 is 0 Å². The summed E-state index contributed by atoms with van der Waals surface area (Å²) >= 11 is 1.77. The second-order valence-electron chi connectivity index (χ2n) is 6.23. The monoisotopic (exact) mass is 291 g/mol. The Kier molecular flexibility index (Phi) is 3.87. The third-order valence-electron chi connectivity index (χ3n) is 5.02. The fraction of sp³-hybridized carbons (Fsp3) is 0.688. The highest BCUT2D eigenvalue weighted by Gasteiger charge is 2.31. The van der Waals surface area contributed by atoms with Crippen LogP contribution in [-0.2, 0) is 6.54 Å². The minimum absolute atomic E-state index is 0.671. The van der Waals surface area contributed by atoms with Crippen LogP contribution in [0.2, 0.25) is 0 Å². The number of thiazole rings is 1. The lowest BCUT2D eigenvalue weighted by Gasteiger charge is -2.21. The van der Waals surface area contributed by atoms with Gasteiger partial charge in [-0.25, -0.2) is 4.98 Å². The van der Waals surface area contributed by atoms with Gasteiger partial charge in [-0.1, -0.05) is 20.3 Å². The molecule has 110 valence electrons. The molecule has 2 heterocycles. The highest BCUT2D eigenvalue weighted by atomic mass is 32.1. The fourth-order valence-corrected chi connectivity index (χ4v) is 4.55. The predicted octanol–water partition coefficient (Wildman–Crippen LogP) is 3.93. The Hall–Kier alpha value is -0.870. The first-order valence-corrected chi connectivity index (χ1v) is 8.59. The fourth-order valence-electron chi connectivity index (χ4n) is 3.66. The van der Waals surface area contributed by atoms with Gasteiger partial charge in [-0.3, -0.25) is 4.40 Å². The summed E-state index contributed by atoms with van der Waals surface area (Å²) in [7, 11) is 0. The van der Waals surface area contributed by atoms with Crippen LogP contribution in [-0.4, -0.2) is 15.4 Å². The minimum atomic E-state index is 0.671. The first-order chi connectivity index (χ1) is 9.60. The highest BCUT2D eigenvalue weighted by molar-refractivity contribution is 7.17. The summed E-state index contributed by atoms with van der Waals surface area (Å²) in [6, 6.07) is 0.671. The van der Waals surface area contributed by atoms with Crippen LogP contribution in [0.15, 0.2) is 6.20 Å². The zero-order chi connectivity index (χ0) is 14.3. The number of nitrogens with zero attached hydrogens (tertiary/aromatic N) is 2. The van der Waals surface area contributed by atoms with Crippen molar-refractivity contribution in [2.75, 3.05) is 0 Å². The number of aromatic nitrogens is 2. The van der Waals surface area contributed by atoms with E-state index in [0.29, 0.717) is 6.04 Å². The van der Waals surface area contributed by atoms with Crippen molar-refractivity contribution in [2.45, 2.75) is 59.5 Å². The van der Waals surface area contributed by atoms with Gasteiger partial charge >= 0.3 is 0 Å². The molecule has 2 aromatic heterocycles. The molecule has 20 heavy (non-hydrogen) atoms. The molecule has 0 aromatic carbocycles. The van der Waals surface area contributed by atoms with E-state index in [2.05, 4.69) is 48.6 Å². The molecule has 3 rings (SSSR count). The standard InChI is InChI=1S/C16H25N3S/c1-5-13-6-7-14(11(13)3)17-8-15-12(4)18-16-19(15)9-10(2)20-16/h9,11,13-14,17H,5-8H2,1-4H3. The molecule has 3 atom stereocenters. The average Bonchev–Trinajstić information content (AvgIpc) is 3.01. The first kappa shape index (κ1) is 14.1. The van der Waals surface area contributed by atoms with E-state index in [-0.39, 0.29) is 0 Å². The van der Waals surface area contributed by atoms with Crippen molar-refractivity contribution in [1.29, 1.82) is 0 Å². The van der Waals surface area contributed by atoms with Crippen molar-refractivity contribution < 1.29 is 0 Å². The molecule has 3 nitrogen and oxygen atoms in total. The number of rotatable bonds is 4. The van der Waals surface area contributed by atoms with Crippen molar-refractivity contribution in [3.05, 3.63) is 22.5 Å². The Balaban J connectivity index is 1.72. The Morgan fingerprint density at radius 3 is 2.90 bits per heavy atom. The number of imidazole rings is 1. The summed E-state index contributed by atoms with van der Waals surface area (Å²) in [4.78, 5) is 7.13. The van der Waals surface area contributed by atoms with Crippen molar-refractivity contribution in [3.63, 3.8) is 0 Å². The van der Waals surface area contributed by atoms with E-state index >= 15 is 0 Å². The molecule has 0 amide bonds. The quantitative estimate of drug-likeness (QED) is 0.925. The molecule has 0 aliphatic heterocycles. The topological polar surface area (TPSA) is 29.3 Å². The largest absolute Gasteiger partial charge is 0.308 e. The van der Waals surface area contributed by atoms with Gasteiger partial charge in [0.2, 0.25) is 0 Å². The normalized spacial score (nSPS) is 26.7. The van der Waals surface area contributed by atoms with Crippen molar-refractivity contribution >= 4 is 16.3 Å². The molecule has 2 aromatic rings. The lowest BCUT2D eigenvalue weighted by Crippen LogP contribution is -2.32. The van der Waals surface area contributed by atoms with Gasteiger partial charge in [0.1, 0.15) is 0 Å². The van der Waals surface area contributed by atoms with Crippen molar-refractivity contribution in [1.82, 2.24) is 14.7 Å². The molecule has 0 radical (unpaired) electrons. The molecule has 1 saturated carbocycles. The average molecular weight is 291 g/mol. The molecular formula is C16H25N3S. The molecule has 4 heteroatoms. The highest BCUT2D eigenvalue weighted by Crippen LogP contribution is 2.34. The lowest BCUT2D eigenvalue weighted by molar-refractivity contribution is 0.343. The Bertz CT molecular complexity index is 598. The number of hydrogen-bond acceptors (Lipinski definition) is 3. The van der Waals surface area contributed by atoms with E-state index in [4.69, 9.17) is 0 Å². The second-order valence-corrected chi connectivity index (χ2v) is 7.44. The van der Waals surface area contributed by atoms with Crippen LogP contribution in [0.5, 0.6) is 0 Å². The molecular weight excluding hydrogens is 266 g/mol. The third kappa shape index (κ3) is 2.40. The molecule has 1 aliphatic rings. The number of nitrogens with one attached hydrogen (secondary N) is 1. The Morgan fingerprint density at radius 2 is 2.20 bits per heavy atom. The molecule has 1 N–H and O–H groups in total. The van der Waals surface area contributed by atoms with E-state index in [1.807, 2.05) is 0 Å². The number of aryl methyl sites for hydroxylation is 2. The maximum Gasteiger partial charge on any atom is 0.194 e. The van der Waals surface area contributed by atoms with E-state index in [9.17, 15) is 0 Å². The van der Waals surface area contributed by atoms with Crippen LogP contribution in [0.4, 0.5) is 0 Å². The maximum atomic E-state index is 4.67. The molecule has 0 saturated heterocycles. The molecule has 1 fully saturated rings. The molecule has 0 bridgehead atoms.